The first-order valence-electron chi connectivity index (χ1n) is 9.56. The van der Waals surface area contributed by atoms with Gasteiger partial charge in [0.25, 0.3) is 0 Å². The molecule has 0 unspecified atom stereocenters. The van der Waals surface area contributed by atoms with E-state index < -0.39 is 0 Å². The number of nitrogens with two attached hydrogens (primary N) is 2. The normalized spacial score (nSPS) is 11.7. The summed E-state index contributed by atoms with van der Waals surface area (Å²) in [4.78, 5) is 8.25. The highest BCUT2D eigenvalue weighted by atomic mass is 16.7. The Bertz CT molecular complexity index is 1170. The summed E-state index contributed by atoms with van der Waals surface area (Å²) in [6.45, 7) is 2.22. The van der Waals surface area contributed by atoms with Crippen LogP contribution in [0.25, 0.3) is 11.1 Å². The van der Waals surface area contributed by atoms with Crippen molar-refractivity contribution in [2.24, 2.45) is 0 Å². The van der Waals surface area contributed by atoms with Gasteiger partial charge in [0.05, 0.1) is 18.4 Å². The van der Waals surface area contributed by atoms with E-state index in [2.05, 4.69) is 27.9 Å². The van der Waals surface area contributed by atoms with E-state index in [0.29, 0.717) is 24.2 Å². The summed E-state index contributed by atoms with van der Waals surface area (Å²) in [7, 11) is 1.65. The molecule has 0 saturated carbocycles. The van der Waals surface area contributed by atoms with Crippen LogP contribution < -0.4 is 25.7 Å². The fourth-order valence-corrected chi connectivity index (χ4v) is 3.30. The quantitative estimate of drug-likeness (QED) is 0.646. The third-order valence-corrected chi connectivity index (χ3v) is 4.78. The number of anilines is 2. The minimum atomic E-state index is 0.163. The van der Waals surface area contributed by atoms with Crippen LogP contribution in [-0.4, -0.2) is 23.9 Å². The topological polar surface area (TPSA) is 106 Å². The summed E-state index contributed by atoms with van der Waals surface area (Å²) in [5.41, 5.74) is 16.1. The minimum Gasteiger partial charge on any atom is -0.497 e. The van der Waals surface area contributed by atoms with Crippen LogP contribution in [0.4, 0.5) is 11.8 Å². The summed E-state index contributed by atoms with van der Waals surface area (Å²) < 4.78 is 16.4. The van der Waals surface area contributed by atoms with E-state index in [1.165, 1.54) is 0 Å². The van der Waals surface area contributed by atoms with Crippen molar-refractivity contribution in [2.45, 2.75) is 19.8 Å². The van der Waals surface area contributed by atoms with E-state index in [-0.39, 0.29) is 12.7 Å². The Balaban J connectivity index is 1.64. The second-order valence-corrected chi connectivity index (χ2v) is 6.76. The number of aromatic nitrogens is 2. The maximum absolute atomic E-state index is 5.99. The Morgan fingerprint density at radius 3 is 2.67 bits per heavy atom. The first-order valence-corrected chi connectivity index (χ1v) is 9.56. The molecular formula is C23H22N4O3. The Hall–Kier alpha value is -3.92. The lowest BCUT2D eigenvalue weighted by Crippen LogP contribution is -2.06. The second kappa shape index (κ2) is 8.21. The molecule has 7 nitrogen and oxygen atoms in total. The number of benzene rings is 2. The van der Waals surface area contributed by atoms with Gasteiger partial charge in [-0.3, -0.25) is 0 Å². The third kappa shape index (κ3) is 3.94. The highest BCUT2D eigenvalue weighted by Crippen LogP contribution is 2.37. The lowest BCUT2D eigenvalue weighted by Gasteiger charge is -2.09. The zero-order valence-electron chi connectivity index (χ0n) is 16.9. The molecule has 2 heterocycles. The van der Waals surface area contributed by atoms with Crippen LogP contribution in [0, 0.1) is 11.8 Å². The molecule has 2 aromatic carbocycles. The summed E-state index contributed by atoms with van der Waals surface area (Å²) in [5.74, 6) is 8.99. The van der Waals surface area contributed by atoms with Crippen molar-refractivity contribution in [1.82, 2.24) is 9.97 Å². The minimum absolute atomic E-state index is 0.163. The summed E-state index contributed by atoms with van der Waals surface area (Å²) in [6.07, 6.45) is 1.19. The standard InChI is InChI=1S/C23H22N4O3/c1-3-19-18(22(24)27-23(25)26-19)6-4-5-14-9-16(11-17(10-14)28-2)15-7-8-20-21(12-15)30-13-29-20/h7-12H,3,5,13H2,1-2H3,(H4,24,25,26,27). The molecule has 152 valence electrons. The molecule has 0 spiro atoms. The van der Waals surface area contributed by atoms with Crippen LogP contribution >= 0.6 is 0 Å². The van der Waals surface area contributed by atoms with E-state index >= 15 is 0 Å². The van der Waals surface area contributed by atoms with Crippen molar-refractivity contribution in [2.75, 3.05) is 25.4 Å². The number of nitrogen functional groups attached to an aromatic ring is 2. The Labute approximate surface area is 175 Å². The number of aryl methyl sites for hydroxylation is 1. The molecular weight excluding hydrogens is 380 g/mol. The van der Waals surface area contributed by atoms with Crippen LogP contribution in [0.15, 0.2) is 36.4 Å². The molecule has 0 bridgehead atoms. The summed E-state index contributed by atoms with van der Waals surface area (Å²) in [5, 5.41) is 0. The van der Waals surface area contributed by atoms with E-state index in [9.17, 15) is 0 Å². The van der Waals surface area contributed by atoms with Crippen molar-refractivity contribution < 1.29 is 14.2 Å². The van der Waals surface area contributed by atoms with Crippen LogP contribution in [0.2, 0.25) is 0 Å². The highest BCUT2D eigenvalue weighted by Gasteiger charge is 2.14. The first-order chi connectivity index (χ1) is 14.6. The maximum atomic E-state index is 5.99. The maximum Gasteiger partial charge on any atom is 0.231 e. The number of hydrogen-bond acceptors (Lipinski definition) is 7. The number of rotatable bonds is 4. The predicted molar refractivity (Wildman–Crippen MR) is 115 cm³/mol. The predicted octanol–water partition coefficient (Wildman–Crippen LogP) is 3.20. The summed E-state index contributed by atoms with van der Waals surface area (Å²) in [6, 6.07) is 11.9. The largest absolute Gasteiger partial charge is 0.497 e. The number of hydrogen-bond donors (Lipinski definition) is 2. The van der Waals surface area contributed by atoms with Crippen LogP contribution in [0.5, 0.6) is 17.2 Å². The van der Waals surface area contributed by atoms with Gasteiger partial charge in [-0.1, -0.05) is 24.8 Å². The van der Waals surface area contributed by atoms with Gasteiger partial charge in [-0.25, -0.2) is 4.98 Å². The van der Waals surface area contributed by atoms with Gasteiger partial charge in [-0.05, 0) is 53.4 Å². The molecule has 0 atom stereocenters. The van der Waals surface area contributed by atoms with Gasteiger partial charge in [0.1, 0.15) is 11.6 Å². The lowest BCUT2D eigenvalue weighted by atomic mass is 10.0. The molecule has 0 radical (unpaired) electrons. The number of methoxy groups -OCH3 is 1. The molecule has 0 fully saturated rings. The van der Waals surface area contributed by atoms with Gasteiger partial charge in [0, 0.05) is 6.42 Å². The lowest BCUT2D eigenvalue weighted by molar-refractivity contribution is 0.174. The first kappa shape index (κ1) is 19.4. The number of ether oxygens (including phenoxy) is 3. The summed E-state index contributed by atoms with van der Waals surface area (Å²) >= 11 is 0. The Morgan fingerprint density at radius 1 is 1.03 bits per heavy atom. The van der Waals surface area contributed by atoms with Gasteiger partial charge in [-0.15, -0.1) is 0 Å². The molecule has 1 aromatic heterocycles. The molecule has 7 heteroatoms. The van der Waals surface area contributed by atoms with Crippen molar-refractivity contribution in [3.8, 4) is 40.2 Å². The Kier molecular flexibility index (Phi) is 5.31. The van der Waals surface area contributed by atoms with E-state index in [1.807, 2.05) is 37.3 Å². The molecule has 0 aliphatic carbocycles. The second-order valence-electron chi connectivity index (χ2n) is 6.76. The molecule has 1 aliphatic rings. The van der Waals surface area contributed by atoms with Gasteiger partial charge in [0.15, 0.2) is 11.5 Å². The molecule has 3 aromatic rings. The molecule has 4 rings (SSSR count). The smallest absolute Gasteiger partial charge is 0.231 e. The van der Waals surface area contributed by atoms with E-state index in [0.717, 1.165) is 39.6 Å². The molecule has 0 amide bonds. The fraction of sp³-hybridized carbons (Fsp3) is 0.217. The fourth-order valence-electron chi connectivity index (χ4n) is 3.30. The van der Waals surface area contributed by atoms with Crippen molar-refractivity contribution in [3.05, 3.63) is 53.2 Å². The van der Waals surface area contributed by atoms with E-state index in [1.54, 1.807) is 7.11 Å². The van der Waals surface area contributed by atoms with Crippen LogP contribution in [0.3, 0.4) is 0 Å². The molecule has 0 saturated heterocycles. The Morgan fingerprint density at radius 2 is 1.87 bits per heavy atom. The zero-order valence-corrected chi connectivity index (χ0v) is 16.9. The average Bonchev–Trinajstić information content (AvgIpc) is 3.22. The van der Waals surface area contributed by atoms with Crippen LogP contribution in [-0.2, 0) is 12.8 Å². The highest BCUT2D eigenvalue weighted by molar-refractivity contribution is 5.70. The average molecular weight is 402 g/mol. The van der Waals surface area contributed by atoms with Crippen molar-refractivity contribution in [3.63, 3.8) is 0 Å². The number of fused-ring (bicyclic) bond motifs is 1. The number of nitrogens with zero attached hydrogens (tertiary/aromatic N) is 2. The van der Waals surface area contributed by atoms with Crippen LogP contribution in [0.1, 0.15) is 23.7 Å². The van der Waals surface area contributed by atoms with Gasteiger partial charge >= 0.3 is 0 Å². The van der Waals surface area contributed by atoms with Gasteiger partial charge in [-0.2, -0.15) is 4.98 Å². The van der Waals surface area contributed by atoms with E-state index in [4.69, 9.17) is 25.7 Å². The molecule has 1 aliphatic heterocycles. The SMILES string of the molecule is CCc1nc(N)nc(N)c1C#CCc1cc(OC)cc(-c2ccc3c(c2)OCO3)c1. The molecule has 4 N–H and O–H groups in total. The molecule has 30 heavy (non-hydrogen) atoms. The van der Waals surface area contributed by atoms with Crippen molar-refractivity contribution in [1.29, 1.82) is 0 Å². The monoisotopic (exact) mass is 402 g/mol. The third-order valence-electron chi connectivity index (χ3n) is 4.78. The zero-order chi connectivity index (χ0) is 21.1. The van der Waals surface area contributed by atoms with Crippen molar-refractivity contribution >= 4 is 11.8 Å². The van der Waals surface area contributed by atoms with Gasteiger partial charge < -0.3 is 25.7 Å². The van der Waals surface area contributed by atoms with Gasteiger partial charge in [0.2, 0.25) is 12.7 Å².